The molecule has 0 unspecified atom stereocenters. The molecule has 0 aliphatic carbocycles. The molecule has 0 atom stereocenters. The van der Waals surface area contributed by atoms with Crippen LogP contribution < -0.4 is 5.32 Å². The molecule has 0 saturated carbocycles. The van der Waals surface area contributed by atoms with E-state index >= 15 is 0 Å². The van der Waals surface area contributed by atoms with Crippen LogP contribution >= 0.6 is 27.5 Å². The summed E-state index contributed by atoms with van der Waals surface area (Å²) in [4.78, 5) is 4.24. The van der Waals surface area contributed by atoms with E-state index in [0.717, 1.165) is 5.69 Å². The molecule has 1 aromatic heterocycles. The first-order chi connectivity index (χ1) is 9.42. The van der Waals surface area contributed by atoms with Gasteiger partial charge in [0.05, 0.1) is 27.7 Å². The van der Waals surface area contributed by atoms with E-state index in [9.17, 15) is 9.65 Å². The topological polar surface area (TPSA) is 48.7 Å². The van der Waals surface area contributed by atoms with E-state index in [1.165, 1.54) is 12.1 Å². The van der Waals surface area contributed by atoms with Crippen molar-refractivity contribution in [3.63, 3.8) is 0 Å². The van der Waals surface area contributed by atoms with Crippen LogP contribution in [0.1, 0.15) is 17.0 Å². The van der Waals surface area contributed by atoms with Crippen molar-refractivity contribution in [3.8, 4) is 6.07 Å². The van der Waals surface area contributed by atoms with Crippen molar-refractivity contribution in [2.45, 2.75) is 13.8 Å². The van der Waals surface area contributed by atoms with Gasteiger partial charge in [0.15, 0.2) is 0 Å². The fraction of sp³-hybridized carbons (Fsp3) is 0.143. The molecule has 0 fully saturated rings. The Balaban J connectivity index is 2.54. The van der Waals surface area contributed by atoms with Crippen molar-refractivity contribution in [2.75, 3.05) is 5.32 Å². The largest absolute Gasteiger partial charge is 0.352 e. The quantitative estimate of drug-likeness (QED) is 0.837. The minimum Gasteiger partial charge on any atom is -0.352 e. The average Bonchev–Trinajstić information content (AvgIpc) is 2.33. The van der Waals surface area contributed by atoms with Gasteiger partial charge in [0, 0.05) is 10.2 Å². The van der Waals surface area contributed by atoms with Gasteiger partial charge in [-0.1, -0.05) is 11.6 Å². The zero-order valence-corrected chi connectivity index (χ0v) is 13.1. The smallest absolute Gasteiger partial charge is 0.125 e. The van der Waals surface area contributed by atoms with E-state index in [1.54, 1.807) is 13.0 Å². The maximum Gasteiger partial charge on any atom is 0.125 e. The zero-order valence-electron chi connectivity index (χ0n) is 10.8. The summed E-state index contributed by atoms with van der Waals surface area (Å²) in [6, 6.07) is 6.37. The number of nitrogens with one attached hydrogen (secondary N) is 1. The third-order valence-corrected chi connectivity index (χ3v) is 3.63. The highest BCUT2D eigenvalue weighted by atomic mass is 79.9. The summed E-state index contributed by atoms with van der Waals surface area (Å²) in [6.07, 6.45) is 0. The summed E-state index contributed by atoms with van der Waals surface area (Å²) in [6.45, 7) is 3.60. The van der Waals surface area contributed by atoms with Gasteiger partial charge >= 0.3 is 0 Å². The highest BCUT2D eigenvalue weighted by Gasteiger charge is 2.13. The third-order valence-electron chi connectivity index (χ3n) is 2.71. The maximum atomic E-state index is 13.2. The summed E-state index contributed by atoms with van der Waals surface area (Å²) in [7, 11) is 0. The van der Waals surface area contributed by atoms with Crippen LogP contribution in [0.3, 0.4) is 0 Å². The number of aryl methyl sites for hydroxylation is 2. The van der Waals surface area contributed by atoms with Gasteiger partial charge in [-0.3, -0.25) is 4.98 Å². The Kier molecular flexibility index (Phi) is 4.26. The van der Waals surface area contributed by atoms with E-state index in [0.29, 0.717) is 27.1 Å². The first-order valence-electron chi connectivity index (χ1n) is 5.72. The van der Waals surface area contributed by atoms with Crippen molar-refractivity contribution in [1.29, 1.82) is 5.26 Å². The third kappa shape index (κ3) is 2.92. The standard InChI is InChI=1S/C14H10BrClFN3/c1-7-3-13(10(6-18)8(2)19-7)20-14-11(15)4-9(17)5-12(14)16/h3-5H,1-2H3,(H,19,20). The summed E-state index contributed by atoms with van der Waals surface area (Å²) < 4.78 is 13.7. The number of rotatable bonds is 2. The molecular weight excluding hydrogens is 345 g/mol. The molecule has 1 aromatic carbocycles. The number of aromatic nitrogens is 1. The number of hydrogen-bond acceptors (Lipinski definition) is 3. The highest BCUT2D eigenvalue weighted by Crippen LogP contribution is 2.35. The van der Waals surface area contributed by atoms with E-state index < -0.39 is 5.82 Å². The number of nitrogens with zero attached hydrogens (tertiary/aromatic N) is 2. The maximum absolute atomic E-state index is 13.2. The van der Waals surface area contributed by atoms with Crippen molar-refractivity contribution in [2.24, 2.45) is 0 Å². The van der Waals surface area contributed by atoms with E-state index in [2.05, 4.69) is 32.3 Å². The molecule has 0 spiro atoms. The molecule has 0 aliphatic rings. The van der Waals surface area contributed by atoms with Gasteiger partial charge in [0.2, 0.25) is 0 Å². The van der Waals surface area contributed by atoms with Crippen molar-refractivity contribution in [1.82, 2.24) is 4.98 Å². The molecule has 3 nitrogen and oxygen atoms in total. The predicted octanol–water partition coefficient (Wildman–Crippen LogP) is 4.87. The molecule has 0 amide bonds. The Hall–Kier alpha value is -1.64. The van der Waals surface area contributed by atoms with Gasteiger partial charge in [-0.25, -0.2) is 4.39 Å². The van der Waals surface area contributed by atoms with Gasteiger partial charge in [0.1, 0.15) is 11.9 Å². The lowest BCUT2D eigenvalue weighted by Gasteiger charge is -2.13. The molecule has 0 saturated heterocycles. The lowest BCUT2D eigenvalue weighted by molar-refractivity contribution is 0.627. The lowest BCUT2D eigenvalue weighted by atomic mass is 10.1. The number of hydrogen-bond donors (Lipinski definition) is 1. The normalized spacial score (nSPS) is 10.2. The van der Waals surface area contributed by atoms with Crippen LogP contribution in [-0.2, 0) is 0 Å². The van der Waals surface area contributed by atoms with Gasteiger partial charge in [0.25, 0.3) is 0 Å². The molecule has 102 valence electrons. The van der Waals surface area contributed by atoms with Gasteiger partial charge in [-0.15, -0.1) is 0 Å². The molecule has 1 N–H and O–H groups in total. The Morgan fingerprint density at radius 2 is 2.05 bits per heavy atom. The van der Waals surface area contributed by atoms with Crippen LogP contribution in [0.2, 0.25) is 5.02 Å². The molecule has 2 aromatic rings. The van der Waals surface area contributed by atoms with Crippen LogP contribution in [0.5, 0.6) is 0 Å². The molecule has 20 heavy (non-hydrogen) atoms. The van der Waals surface area contributed by atoms with Crippen molar-refractivity contribution >= 4 is 38.9 Å². The van der Waals surface area contributed by atoms with Gasteiger partial charge in [-0.05, 0) is 48.0 Å². The minimum atomic E-state index is -0.435. The number of halogens is 3. The molecule has 0 aliphatic heterocycles. The lowest BCUT2D eigenvalue weighted by Crippen LogP contribution is -2.01. The molecule has 2 rings (SSSR count). The molecular formula is C14H10BrClFN3. The first-order valence-corrected chi connectivity index (χ1v) is 6.89. The second-order valence-corrected chi connectivity index (χ2v) is 5.51. The van der Waals surface area contributed by atoms with Crippen LogP contribution in [0, 0.1) is 31.0 Å². The SMILES string of the molecule is Cc1cc(Nc2c(Cl)cc(F)cc2Br)c(C#N)c(C)n1. The molecule has 0 radical (unpaired) electrons. The Morgan fingerprint density at radius 3 is 2.65 bits per heavy atom. The van der Waals surface area contributed by atoms with Gasteiger partial charge in [-0.2, -0.15) is 5.26 Å². The van der Waals surface area contributed by atoms with Crippen LogP contribution in [0.25, 0.3) is 0 Å². The van der Waals surface area contributed by atoms with Crippen LogP contribution in [-0.4, -0.2) is 4.98 Å². The van der Waals surface area contributed by atoms with Crippen molar-refractivity contribution < 1.29 is 4.39 Å². The van der Waals surface area contributed by atoms with Crippen molar-refractivity contribution in [3.05, 3.63) is 50.5 Å². The summed E-state index contributed by atoms with van der Waals surface area (Å²) in [5.74, 6) is -0.435. The predicted molar refractivity (Wildman–Crippen MR) is 80.8 cm³/mol. The summed E-state index contributed by atoms with van der Waals surface area (Å²) in [5.41, 5.74) is 2.94. The fourth-order valence-corrected chi connectivity index (χ4v) is 2.76. The zero-order chi connectivity index (χ0) is 14.9. The number of nitriles is 1. The molecule has 6 heteroatoms. The van der Waals surface area contributed by atoms with E-state index in [1.807, 2.05) is 6.92 Å². The number of anilines is 2. The minimum absolute atomic E-state index is 0.230. The van der Waals surface area contributed by atoms with E-state index in [4.69, 9.17) is 11.6 Å². The summed E-state index contributed by atoms with van der Waals surface area (Å²) in [5, 5.41) is 12.5. The van der Waals surface area contributed by atoms with Crippen LogP contribution in [0.15, 0.2) is 22.7 Å². The highest BCUT2D eigenvalue weighted by molar-refractivity contribution is 9.10. The average molecular weight is 355 g/mol. The number of pyridine rings is 1. The van der Waals surface area contributed by atoms with E-state index in [-0.39, 0.29) is 5.02 Å². The molecule has 1 heterocycles. The Labute approximate surface area is 129 Å². The second-order valence-electron chi connectivity index (χ2n) is 4.25. The summed E-state index contributed by atoms with van der Waals surface area (Å²) >= 11 is 9.28. The monoisotopic (exact) mass is 353 g/mol. The molecule has 0 bridgehead atoms. The Bertz CT molecular complexity index is 702. The fourth-order valence-electron chi connectivity index (χ4n) is 1.86. The Morgan fingerprint density at radius 1 is 1.35 bits per heavy atom. The van der Waals surface area contributed by atoms with Gasteiger partial charge < -0.3 is 5.32 Å². The number of benzene rings is 1. The second kappa shape index (κ2) is 5.78. The first kappa shape index (κ1) is 14.8. The van der Waals surface area contributed by atoms with Crippen LogP contribution in [0.4, 0.5) is 15.8 Å².